The van der Waals surface area contributed by atoms with Crippen LogP contribution in [0, 0.1) is 0 Å². The summed E-state index contributed by atoms with van der Waals surface area (Å²) in [6, 6.07) is 25.0. The zero-order chi connectivity index (χ0) is 25.4. The number of hydrogen-bond acceptors (Lipinski definition) is 8. The molecule has 0 bridgehead atoms. The fraction of sp³-hybridized carbons (Fsp3) is 0.214. The molecule has 1 N–H and O–H groups in total. The molecule has 0 amide bonds. The predicted octanol–water partition coefficient (Wildman–Crippen LogP) is 4.20. The molecule has 1 heterocycles. The Kier molecular flexibility index (Phi) is 7.87. The quantitative estimate of drug-likeness (QED) is 0.424. The van der Waals surface area contributed by atoms with Crippen molar-refractivity contribution >= 4 is 17.6 Å². The van der Waals surface area contributed by atoms with Crippen molar-refractivity contribution in [3.8, 4) is 11.5 Å². The fourth-order valence-corrected chi connectivity index (χ4v) is 3.68. The second-order valence-electron chi connectivity index (χ2n) is 8.11. The average molecular weight is 490 g/mol. The van der Waals surface area contributed by atoms with Crippen molar-refractivity contribution in [3.63, 3.8) is 0 Å². The second kappa shape index (κ2) is 11.4. The summed E-state index contributed by atoms with van der Waals surface area (Å²) in [6.07, 6.45) is 1.17. The minimum absolute atomic E-state index is 0.337. The molecule has 3 aromatic rings. The van der Waals surface area contributed by atoms with Crippen molar-refractivity contribution in [1.29, 1.82) is 0 Å². The number of carbonyl (C=O) groups excluding carboxylic acids is 2. The van der Waals surface area contributed by atoms with E-state index in [1.807, 2.05) is 66.7 Å². The highest BCUT2D eigenvalue weighted by atomic mass is 16.7. The van der Waals surface area contributed by atoms with E-state index in [1.165, 1.54) is 20.3 Å². The van der Waals surface area contributed by atoms with Crippen LogP contribution >= 0.6 is 0 Å². The minimum atomic E-state index is -1.65. The molecule has 1 atom stereocenters. The number of esters is 2. The summed E-state index contributed by atoms with van der Waals surface area (Å²) in [4.78, 5) is 30.0. The third-order valence-corrected chi connectivity index (χ3v) is 5.62. The smallest absolute Gasteiger partial charge is 0.345 e. The lowest BCUT2D eigenvalue weighted by Gasteiger charge is -2.20. The van der Waals surface area contributed by atoms with Gasteiger partial charge in [-0.3, -0.25) is 15.1 Å². The van der Waals surface area contributed by atoms with E-state index >= 15 is 0 Å². The zero-order valence-electron chi connectivity index (χ0n) is 20.1. The van der Waals surface area contributed by atoms with E-state index in [1.54, 1.807) is 12.1 Å². The van der Waals surface area contributed by atoms with Gasteiger partial charge in [-0.25, -0.2) is 4.79 Å². The maximum Gasteiger partial charge on any atom is 0.345 e. The van der Waals surface area contributed by atoms with E-state index in [0.29, 0.717) is 36.0 Å². The molecule has 1 aliphatic heterocycles. The highest BCUT2D eigenvalue weighted by Crippen LogP contribution is 2.36. The molecule has 1 unspecified atom stereocenters. The third kappa shape index (κ3) is 5.84. The average Bonchev–Trinajstić information content (AvgIpc) is 3.36. The third-order valence-electron chi connectivity index (χ3n) is 5.62. The monoisotopic (exact) mass is 489 g/mol. The predicted molar refractivity (Wildman–Crippen MR) is 132 cm³/mol. The van der Waals surface area contributed by atoms with Crippen molar-refractivity contribution in [1.82, 2.24) is 5.48 Å². The Labute approximate surface area is 209 Å². The van der Waals surface area contributed by atoms with E-state index < -0.39 is 17.5 Å². The molecular weight excluding hydrogens is 462 g/mol. The number of carbonyl (C=O) groups is 2. The standard InChI is InChI=1S/C28H27NO7/c1-32-26(30)17-28(27(31)33-2)16-23(29-36-28)22-13-14-24(34-18-20-9-5-3-6-10-20)25(15-22)35-19-21-11-7-4-8-12-21/h3-16,29H,17-19H2,1-2H3. The summed E-state index contributed by atoms with van der Waals surface area (Å²) in [5, 5.41) is 0. The number of rotatable bonds is 10. The normalized spacial score (nSPS) is 16.4. The SMILES string of the molecule is COC(=O)CC1(C(=O)OC)C=C(c2ccc(OCc3ccccc3)c(OCc3ccccc3)c2)NO1. The maximum atomic E-state index is 12.5. The molecule has 4 rings (SSSR count). The molecule has 0 spiro atoms. The van der Waals surface area contributed by atoms with Gasteiger partial charge < -0.3 is 18.9 Å². The molecular formula is C28H27NO7. The summed E-state index contributed by atoms with van der Waals surface area (Å²) in [5.41, 5.74) is 4.26. The van der Waals surface area contributed by atoms with Gasteiger partial charge in [0, 0.05) is 5.56 Å². The largest absolute Gasteiger partial charge is 0.485 e. The first kappa shape index (κ1) is 24.8. The molecule has 186 valence electrons. The first-order chi connectivity index (χ1) is 17.5. The molecule has 3 aromatic carbocycles. The summed E-state index contributed by atoms with van der Waals surface area (Å²) < 4.78 is 21.8. The van der Waals surface area contributed by atoms with Crippen LogP contribution < -0.4 is 15.0 Å². The summed E-state index contributed by atoms with van der Waals surface area (Å²) in [6.45, 7) is 0.708. The molecule has 8 heteroatoms. The first-order valence-corrected chi connectivity index (χ1v) is 11.3. The van der Waals surface area contributed by atoms with Crippen molar-refractivity contribution < 1.29 is 33.4 Å². The van der Waals surface area contributed by atoms with Gasteiger partial charge in [0.25, 0.3) is 0 Å². The van der Waals surface area contributed by atoms with E-state index in [2.05, 4.69) is 5.48 Å². The Hall–Kier alpha value is -4.30. The Balaban J connectivity index is 1.62. The molecule has 0 aromatic heterocycles. The highest BCUT2D eigenvalue weighted by molar-refractivity contribution is 5.91. The van der Waals surface area contributed by atoms with Crippen LogP contribution in [0.5, 0.6) is 11.5 Å². The molecule has 0 fully saturated rings. The summed E-state index contributed by atoms with van der Waals surface area (Å²) in [5.74, 6) is -0.264. The lowest BCUT2D eigenvalue weighted by Crippen LogP contribution is -2.42. The van der Waals surface area contributed by atoms with Gasteiger partial charge in [0.1, 0.15) is 13.2 Å². The van der Waals surface area contributed by atoms with Crippen LogP contribution in [0.3, 0.4) is 0 Å². The van der Waals surface area contributed by atoms with Crippen molar-refractivity contribution in [2.24, 2.45) is 0 Å². The topological polar surface area (TPSA) is 92.3 Å². The van der Waals surface area contributed by atoms with Crippen LogP contribution in [0.1, 0.15) is 23.1 Å². The number of methoxy groups -OCH3 is 2. The lowest BCUT2D eigenvalue weighted by atomic mass is 9.97. The van der Waals surface area contributed by atoms with Crippen LogP contribution in [-0.4, -0.2) is 31.8 Å². The molecule has 0 saturated carbocycles. The Bertz CT molecular complexity index is 1230. The lowest BCUT2D eigenvalue weighted by molar-refractivity contribution is -0.172. The first-order valence-electron chi connectivity index (χ1n) is 11.3. The van der Waals surface area contributed by atoms with Gasteiger partial charge in [0.2, 0.25) is 5.60 Å². The number of hydrogen-bond donors (Lipinski definition) is 1. The van der Waals surface area contributed by atoms with Crippen LogP contribution in [0.4, 0.5) is 0 Å². The van der Waals surface area contributed by atoms with Gasteiger partial charge in [-0.15, -0.1) is 0 Å². The molecule has 0 radical (unpaired) electrons. The maximum absolute atomic E-state index is 12.5. The van der Waals surface area contributed by atoms with Crippen LogP contribution in [0.15, 0.2) is 84.9 Å². The number of nitrogens with one attached hydrogen (secondary N) is 1. The molecule has 0 saturated heterocycles. The van der Waals surface area contributed by atoms with Crippen molar-refractivity contribution in [2.75, 3.05) is 14.2 Å². The van der Waals surface area contributed by atoms with E-state index in [4.69, 9.17) is 23.8 Å². The Morgan fingerprint density at radius 1 is 0.806 bits per heavy atom. The minimum Gasteiger partial charge on any atom is -0.485 e. The molecule has 0 aliphatic carbocycles. The molecule has 1 aliphatic rings. The van der Waals surface area contributed by atoms with Gasteiger partial charge in [0.15, 0.2) is 11.5 Å². The number of ether oxygens (including phenoxy) is 4. The summed E-state index contributed by atoms with van der Waals surface area (Å²) in [7, 11) is 2.47. The van der Waals surface area contributed by atoms with Crippen molar-refractivity contribution in [2.45, 2.75) is 25.2 Å². The Morgan fingerprint density at radius 2 is 1.42 bits per heavy atom. The molecule has 8 nitrogen and oxygen atoms in total. The van der Waals surface area contributed by atoms with Crippen LogP contribution in [0.2, 0.25) is 0 Å². The van der Waals surface area contributed by atoms with Crippen LogP contribution in [-0.2, 0) is 37.1 Å². The highest BCUT2D eigenvalue weighted by Gasteiger charge is 2.46. The van der Waals surface area contributed by atoms with Gasteiger partial charge in [-0.2, -0.15) is 0 Å². The number of hydroxylamine groups is 1. The van der Waals surface area contributed by atoms with Gasteiger partial charge in [-0.1, -0.05) is 60.7 Å². The Morgan fingerprint density at radius 3 is 2.00 bits per heavy atom. The zero-order valence-corrected chi connectivity index (χ0v) is 20.1. The summed E-state index contributed by atoms with van der Waals surface area (Å²) >= 11 is 0. The fourth-order valence-electron chi connectivity index (χ4n) is 3.68. The molecule has 36 heavy (non-hydrogen) atoms. The van der Waals surface area contributed by atoms with E-state index in [0.717, 1.165) is 11.1 Å². The van der Waals surface area contributed by atoms with E-state index in [9.17, 15) is 9.59 Å². The van der Waals surface area contributed by atoms with Crippen LogP contribution in [0.25, 0.3) is 5.70 Å². The second-order valence-corrected chi connectivity index (χ2v) is 8.11. The van der Waals surface area contributed by atoms with Gasteiger partial charge >= 0.3 is 11.9 Å². The van der Waals surface area contributed by atoms with E-state index in [-0.39, 0.29) is 6.42 Å². The van der Waals surface area contributed by atoms with Gasteiger partial charge in [0.05, 0.1) is 26.3 Å². The van der Waals surface area contributed by atoms with Crippen molar-refractivity contribution in [3.05, 3.63) is 102 Å². The number of benzene rings is 3. The van der Waals surface area contributed by atoms with Gasteiger partial charge in [-0.05, 0) is 35.4 Å².